The molecule has 0 heterocycles. The highest BCUT2D eigenvalue weighted by atomic mass is 32.2. The molecule has 0 radical (unpaired) electrons. The SMILES string of the molecule is CC/C=C\C/C=C\C/C=C\CCCCCC(=O)NC(CS(=O)(=O)O)C(O)/C=C/CCCCCCCCCCCCCC. The van der Waals surface area contributed by atoms with Crippen LogP contribution in [0.25, 0.3) is 0 Å². The first-order valence-electron chi connectivity index (χ1n) is 16.8. The number of hydrogen-bond acceptors (Lipinski definition) is 4. The van der Waals surface area contributed by atoms with Crippen molar-refractivity contribution in [2.75, 3.05) is 5.75 Å². The minimum absolute atomic E-state index is 0.259. The van der Waals surface area contributed by atoms with E-state index in [1.807, 2.05) is 6.08 Å². The highest BCUT2D eigenvalue weighted by Gasteiger charge is 2.24. The third-order valence-corrected chi connectivity index (χ3v) is 8.04. The van der Waals surface area contributed by atoms with Crippen molar-refractivity contribution in [3.63, 3.8) is 0 Å². The molecule has 0 saturated heterocycles. The monoisotopic (exact) mass is 609 g/mol. The molecule has 0 aliphatic carbocycles. The maximum atomic E-state index is 12.4. The van der Waals surface area contributed by atoms with Gasteiger partial charge in [0.2, 0.25) is 5.91 Å². The van der Waals surface area contributed by atoms with E-state index in [0.717, 1.165) is 57.8 Å². The van der Waals surface area contributed by atoms with E-state index >= 15 is 0 Å². The van der Waals surface area contributed by atoms with Gasteiger partial charge in [-0.3, -0.25) is 9.35 Å². The van der Waals surface area contributed by atoms with Crippen LogP contribution in [0.3, 0.4) is 0 Å². The summed E-state index contributed by atoms with van der Waals surface area (Å²) in [6.07, 6.45) is 38.0. The van der Waals surface area contributed by atoms with Crippen molar-refractivity contribution in [2.45, 2.75) is 161 Å². The number of unbranched alkanes of at least 4 members (excludes halogenated alkanes) is 15. The average Bonchev–Trinajstić information content (AvgIpc) is 2.94. The van der Waals surface area contributed by atoms with Gasteiger partial charge in [-0.2, -0.15) is 8.42 Å². The van der Waals surface area contributed by atoms with Crippen LogP contribution < -0.4 is 5.32 Å². The van der Waals surface area contributed by atoms with Crippen LogP contribution in [0.15, 0.2) is 48.6 Å². The molecule has 42 heavy (non-hydrogen) atoms. The van der Waals surface area contributed by atoms with Crippen LogP contribution in [0.4, 0.5) is 0 Å². The number of hydrogen-bond donors (Lipinski definition) is 3. The summed E-state index contributed by atoms with van der Waals surface area (Å²) in [5.41, 5.74) is 0. The van der Waals surface area contributed by atoms with Crippen LogP contribution in [0, 0.1) is 0 Å². The third kappa shape index (κ3) is 29.8. The summed E-state index contributed by atoms with van der Waals surface area (Å²) in [7, 11) is -4.35. The Balaban J connectivity index is 4.11. The second kappa shape index (κ2) is 29.4. The molecule has 0 spiro atoms. The highest BCUT2D eigenvalue weighted by molar-refractivity contribution is 7.85. The zero-order valence-electron chi connectivity index (χ0n) is 26.9. The molecule has 6 nitrogen and oxygen atoms in total. The Bertz CT molecular complexity index is 847. The first-order chi connectivity index (χ1) is 20.3. The number of aliphatic hydroxyl groups excluding tert-OH is 1. The van der Waals surface area contributed by atoms with Gasteiger partial charge in [-0.1, -0.05) is 140 Å². The Kier molecular flexibility index (Phi) is 28.2. The van der Waals surface area contributed by atoms with Gasteiger partial charge < -0.3 is 10.4 Å². The van der Waals surface area contributed by atoms with Gasteiger partial charge in [0.1, 0.15) is 0 Å². The molecule has 0 aromatic carbocycles. The van der Waals surface area contributed by atoms with E-state index < -0.39 is 28.0 Å². The Hall–Kier alpha value is -1.70. The third-order valence-electron chi connectivity index (χ3n) is 7.26. The largest absolute Gasteiger partial charge is 0.387 e. The zero-order valence-corrected chi connectivity index (χ0v) is 27.7. The fourth-order valence-electron chi connectivity index (χ4n) is 4.76. The number of carbonyl (C=O) groups excluding carboxylic acids is 1. The first kappa shape index (κ1) is 40.3. The van der Waals surface area contributed by atoms with Crippen LogP contribution in [0.2, 0.25) is 0 Å². The molecule has 3 N–H and O–H groups in total. The summed E-state index contributed by atoms with van der Waals surface area (Å²) in [6, 6.07) is -1.07. The molecule has 0 aromatic rings. The standard InChI is InChI=1S/C35H63NO5S/c1-3-5-7-9-11-13-15-17-19-20-22-24-26-28-30-34(37)33(32-42(39,40)41)36-35(38)31-29-27-25-23-21-18-16-14-12-10-8-6-4-2/h6,8,12,14,18,21,28,30,33-34,37H,3-5,7,9-11,13,15-17,19-20,22-27,29,31-32H2,1-2H3,(H,36,38)(H,39,40,41)/b8-6-,14-12-,21-18-,30-28+. The molecule has 0 rings (SSSR count). The first-order valence-corrected chi connectivity index (χ1v) is 18.4. The molecule has 0 saturated carbocycles. The summed E-state index contributed by atoms with van der Waals surface area (Å²) in [6.45, 7) is 4.37. The van der Waals surface area contributed by atoms with E-state index in [0.29, 0.717) is 6.42 Å². The molecule has 0 aliphatic heterocycles. The van der Waals surface area contributed by atoms with Crippen LogP contribution >= 0.6 is 0 Å². The number of rotatable bonds is 29. The van der Waals surface area contributed by atoms with Crippen LogP contribution in [-0.4, -0.2) is 41.9 Å². The van der Waals surface area contributed by atoms with Crippen LogP contribution in [0.5, 0.6) is 0 Å². The topological polar surface area (TPSA) is 104 Å². The van der Waals surface area contributed by atoms with Crippen molar-refractivity contribution in [1.29, 1.82) is 0 Å². The van der Waals surface area contributed by atoms with Gasteiger partial charge in [-0.15, -0.1) is 0 Å². The van der Waals surface area contributed by atoms with Gasteiger partial charge in [0.25, 0.3) is 10.1 Å². The zero-order chi connectivity index (χ0) is 31.2. The fourth-order valence-corrected chi connectivity index (χ4v) is 5.49. The highest BCUT2D eigenvalue weighted by Crippen LogP contribution is 2.13. The van der Waals surface area contributed by atoms with Gasteiger partial charge in [0.15, 0.2) is 0 Å². The fraction of sp³-hybridized carbons (Fsp3) is 0.743. The lowest BCUT2D eigenvalue weighted by atomic mass is 10.0. The lowest BCUT2D eigenvalue weighted by Gasteiger charge is -2.21. The molecule has 0 aliphatic rings. The number of amides is 1. The molecule has 1 amide bonds. The number of nitrogens with one attached hydrogen (secondary N) is 1. The normalized spacial score (nSPS) is 14.1. The molecule has 2 atom stereocenters. The van der Waals surface area contributed by atoms with Gasteiger partial charge >= 0.3 is 0 Å². The minimum Gasteiger partial charge on any atom is -0.387 e. The summed E-state index contributed by atoms with van der Waals surface area (Å²) >= 11 is 0. The second-order valence-corrected chi connectivity index (χ2v) is 12.9. The number of aliphatic hydroxyl groups is 1. The van der Waals surface area contributed by atoms with E-state index in [4.69, 9.17) is 0 Å². The van der Waals surface area contributed by atoms with Crippen molar-refractivity contribution in [3.8, 4) is 0 Å². The molecule has 0 aromatic heterocycles. The molecule has 7 heteroatoms. The molecule has 0 bridgehead atoms. The average molecular weight is 610 g/mol. The minimum atomic E-state index is -4.35. The van der Waals surface area contributed by atoms with E-state index in [9.17, 15) is 22.9 Å². The van der Waals surface area contributed by atoms with Crippen molar-refractivity contribution < 1.29 is 22.9 Å². The van der Waals surface area contributed by atoms with Crippen molar-refractivity contribution in [2.24, 2.45) is 0 Å². The van der Waals surface area contributed by atoms with E-state index in [1.165, 1.54) is 70.3 Å². The van der Waals surface area contributed by atoms with Crippen molar-refractivity contribution >= 4 is 16.0 Å². The number of carbonyl (C=O) groups is 1. The van der Waals surface area contributed by atoms with Gasteiger partial charge in [0.05, 0.1) is 17.9 Å². The molecule has 2 unspecified atom stereocenters. The smallest absolute Gasteiger partial charge is 0.267 e. The maximum Gasteiger partial charge on any atom is 0.267 e. The van der Waals surface area contributed by atoms with Crippen molar-refractivity contribution in [3.05, 3.63) is 48.6 Å². The molecular weight excluding hydrogens is 546 g/mol. The molecule has 244 valence electrons. The van der Waals surface area contributed by atoms with Gasteiger partial charge in [-0.25, -0.2) is 0 Å². The van der Waals surface area contributed by atoms with Gasteiger partial charge in [0, 0.05) is 6.42 Å². The Labute approximate surface area is 259 Å². The molecular formula is C35H63NO5S. The van der Waals surface area contributed by atoms with Crippen molar-refractivity contribution in [1.82, 2.24) is 5.32 Å². The second-order valence-electron chi connectivity index (χ2n) is 11.4. The maximum absolute atomic E-state index is 12.4. The lowest BCUT2D eigenvalue weighted by molar-refractivity contribution is -0.122. The molecule has 0 fully saturated rings. The lowest BCUT2D eigenvalue weighted by Crippen LogP contribution is -2.46. The van der Waals surface area contributed by atoms with E-state index in [1.54, 1.807) is 0 Å². The summed E-state index contributed by atoms with van der Waals surface area (Å²) in [4.78, 5) is 12.4. The Morgan fingerprint density at radius 1 is 0.667 bits per heavy atom. The Morgan fingerprint density at radius 3 is 1.69 bits per heavy atom. The predicted molar refractivity (Wildman–Crippen MR) is 179 cm³/mol. The van der Waals surface area contributed by atoms with E-state index in [2.05, 4.69) is 55.6 Å². The quantitative estimate of drug-likeness (QED) is 0.0446. The summed E-state index contributed by atoms with van der Waals surface area (Å²) in [5.74, 6) is -1.02. The Morgan fingerprint density at radius 2 is 1.14 bits per heavy atom. The summed E-state index contributed by atoms with van der Waals surface area (Å²) in [5, 5.41) is 13.1. The van der Waals surface area contributed by atoms with Crippen LogP contribution in [0.1, 0.15) is 149 Å². The van der Waals surface area contributed by atoms with Gasteiger partial charge in [-0.05, 0) is 51.4 Å². The van der Waals surface area contributed by atoms with E-state index in [-0.39, 0.29) is 12.3 Å². The predicted octanol–water partition coefficient (Wildman–Crippen LogP) is 9.18. The summed E-state index contributed by atoms with van der Waals surface area (Å²) < 4.78 is 32.3. The van der Waals surface area contributed by atoms with Crippen LogP contribution in [-0.2, 0) is 14.9 Å². The number of allylic oxidation sites excluding steroid dienone is 7.